The molecule has 4 heteroatoms. The van der Waals surface area contributed by atoms with E-state index in [-0.39, 0.29) is 11.9 Å². The van der Waals surface area contributed by atoms with E-state index in [1.54, 1.807) is 0 Å². The fraction of sp³-hybridized carbons (Fsp3) is 0.280. The number of amides is 1. The Morgan fingerprint density at radius 2 is 1.59 bits per heavy atom. The lowest BCUT2D eigenvalue weighted by molar-refractivity contribution is -0.121. The van der Waals surface area contributed by atoms with Gasteiger partial charge in [0.15, 0.2) is 0 Å². The van der Waals surface area contributed by atoms with Crippen molar-refractivity contribution in [2.45, 2.75) is 31.8 Å². The summed E-state index contributed by atoms with van der Waals surface area (Å²) >= 11 is 0. The second-order valence-electron chi connectivity index (χ2n) is 7.68. The van der Waals surface area contributed by atoms with Gasteiger partial charge in [-0.15, -0.1) is 0 Å². The molecule has 1 aromatic heterocycles. The van der Waals surface area contributed by atoms with Gasteiger partial charge in [-0.05, 0) is 41.7 Å². The number of rotatable bonds is 6. The summed E-state index contributed by atoms with van der Waals surface area (Å²) in [5.74, 6) is 0.112. The Bertz CT molecular complexity index is 902. The summed E-state index contributed by atoms with van der Waals surface area (Å²) in [7, 11) is 0. The van der Waals surface area contributed by atoms with Gasteiger partial charge in [-0.25, -0.2) is 0 Å². The Hall–Kier alpha value is -2.98. The number of nitrogens with one attached hydrogen (secondary N) is 1. The van der Waals surface area contributed by atoms with Crippen molar-refractivity contribution in [3.8, 4) is 11.1 Å². The molecule has 0 unspecified atom stereocenters. The molecule has 2 heterocycles. The van der Waals surface area contributed by atoms with Crippen molar-refractivity contribution in [3.63, 3.8) is 0 Å². The van der Waals surface area contributed by atoms with E-state index in [9.17, 15) is 4.79 Å². The number of likely N-dealkylation sites (tertiary alicyclic amines) is 1. The van der Waals surface area contributed by atoms with Crippen molar-refractivity contribution in [1.82, 2.24) is 15.2 Å². The molecule has 4 rings (SSSR count). The minimum atomic E-state index is 0.112. The molecule has 1 fully saturated rings. The Morgan fingerprint density at radius 1 is 0.897 bits per heavy atom. The van der Waals surface area contributed by atoms with Crippen LogP contribution < -0.4 is 5.32 Å². The smallest absolute Gasteiger partial charge is 0.224 e. The molecule has 0 radical (unpaired) electrons. The van der Waals surface area contributed by atoms with Gasteiger partial charge in [0.05, 0.1) is 12.1 Å². The van der Waals surface area contributed by atoms with Crippen LogP contribution in [0.25, 0.3) is 11.1 Å². The van der Waals surface area contributed by atoms with Crippen molar-refractivity contribution in [3.05, 3.63) is 90.3 Å². The molecule has 3 aromatic rings. The van der Waals surface area contributed by atoms with Crippen LogP contribution in [0.2, 0.25) is 0 Å². The zero-order valence-corrected chi connectivity index (χ0v) is 16.6. The van der Waals surface area contributed by atoms with Crippen molar-refractivity contribution in [2.75, 3.05) is 13.1 Å². The molecule has 0 aliphatic carbocycles. The highest BCUT2D eigenvalue weighted by atomic mass is 16.1. The van der Waals surface area contributed by atoms with Gasteiger partial charge in [0.2, 0.25) is 5.91 Å². The van der Waals surface area contributed by atoms with Crippen LogP contribution in [-0.2, 0) is 17.8 Å². The molecule has 29 heavy (non-hydrogen) atoms. The van der Waals surface area contributed by atoms with E-state index in [4.69, 9.17) is 0 Å². The second-order valence-corrected chi connectivity index (χ2v) is 7.68. The van der Waals surface area contributed by atoms with Gasteiger partial charge >= 0.3 is 0 Å². The molecule has 4 nitrogen and oxygen atoms in total. The number of benzene rings is 2. The standard InChI is InChI=1S/C25H27N3O/c29-25(18-20-9-11-22(12-10-20)21-6-2-1-3-7-21)27-23-13-16-28(17-14-23)19-24-8-4-5-15-26-24/h1-12,15,23H,13-14,16-19H2,(H,27,29). The molecule has 148 valence electrons. The number of nitrogens with zero attached hydrogens (tertiary/aromatic N) is 2. The summed E-state index contributed by atoms with van der Waals surface area (Å²) in [5, 5.41) is 3.22. The molecule has 2 aromatic carbocycles. The van der Waals surface area contributed by atoms with E-state index in [0.717, 1.165) is 43.7 Å². The van der Waals surface area contributed by atoms with E-state index in [1.165, 1.54) is 11.1 Å². The number of carbonyl (C=O) groups excluding carboxylic acids is 1. The Balaban J connectivity index is 1.23. The van der Waals surface area contributed by atoms with Gasteiger partial charge < -0.3 is 5.32 Å². The summed E-state index contributed by atoms with van der Waals surface area (Å²) in [6.07, 6.45) is 4.26. The van der Waals surface area contributed by atoms with Crippen LogP contribution in [0.3, 0.4) is 0 Å². The highest BCUT2D eigenvalue weighted by molar-refractivity contribution is 5.79. The molecule has 1 N–H and O–H groups in total. The number of hydrogen-bond donors (Lipinski definition) is 1. The van der Waals surface area contributed by atoms with Crippen molar-refractivity contribution >= 4 is 5.91 Å². The van der Waals surface area contributed by atoms with Gasteiger partial charge in [0, 0.05) is 31.9 Å². The van der Waals surface area contributed by atoms with Crippen LogP contribution in [0.15, 0.2) is 79.0 Å². The third kappa shape index (κ3) is 5.52. The third-order valence-electron chi connectivity index (χ3n) is 5.49. The average Bonchev–Trinajstić information content (AvgIpc) is 2.77. The fourth-order valence-electron chi connectivity index (χ4n) is 3.87. The number of pyridine rings is 1. The monoisotopic (exact) mass is 385 g/mol. The van der Waals surface area contributed by atoms with Crippen LogP contribution in [-0.4, -0.2) is 34.9 Å². The molecule has 0 bridgehead atoms. The third-order valence-corrected chi connectivity index (χ3v) is 5.49. The Labute approximate surface area is 172 Å². The maximum atomic E-state index is 12.5. The first-order valence-corrected chi connectivity index (χ1v) is 10.3. The first-order valence-electron chi connectivity index (χ1n) is 10.3. The number of carbonyl (C=O) groups is 1. The lowest BCUT2D eigenvalue weighted by Gasteiger charge is -2.32. The number of aromatic nitrogens is 1. The molecular formula is C25H27N3O. The quantitative estimate of drug-likeness (QED) is 0.696. The van der Waals surface area contributed by atoms with E-state index >= 15 is 0 Å². The van der Waals surface area contributed by atoms with Crippen molar-refractivity contribution < 1.29 is 4.79 Å². The minimum absolute atomic E-state index is 0.112. The van der Waals surface area contributed by atoms with Crippen LogP contribution in [0.1, 0.15) is 24.1 Å². The molecule has 0 atom stereocenters. The summed E-state index contributed by atoms with van der Waals surface area (Å²) < 4.78 is 0. The van der Waals surface area contributed by atoms with Crippen LogP contribution >= 0.6 is 0 Å². The summed E-state index contributed by atoms with van der Waals surface area (Å²) in [6, 6.07) is 24.9. The first kappa shape index (κ1) is 19.3. The molecule has 1 aliphatic heterocycles. The van der Waals surface area contributed by atoms with Crippen LogP contribution in [0, 0.1) is 0 Å². The average molecular weight is 386 g/mol. The van der Waals surface area contributed by atoms with E-state index in [0.29, 0.717) is 6.42 Å². The van der Waals surface area contributed by atoms with Gasteiger partial charge in [-0.2, -0.15) is 0 Å². The maximum Gasteiger partial charge on any atom is 0.224 e. The predicted molar refractivity (Wildman–Crippen MR) is 116 cm³/mol. The topological polar surface area (TPSA) is 45.2 Å². The molecule has 1 aliphatic rings. The van der Waals surface area contributed by atoms with E-state index < -0.39 is 0 Å². The molecule has 0 spiro atoms. The highest BCUT2D eigenvalue weighted by Gasteiger charge is 2.21. The number of piperidine rings is 1. The molecule has 0 saturated carbocycles. The minimum Gasteiger partial charge on any atom is -0.353 e. The van der Waals surface area contributed by atoms with Gasteiger partial charge in [0.1, 0.15) is 0 Å². The largest absolute Gasteiger partial charge is 0.353 e. The normalized spacial score (nSPS) is 15.2. The fourth-order valence-corrected chi connectivity index (χ4v) is 3.87. The summed E-state index contributed by atoms with van der Waals surface area (Å²) in [5.41, 5.74) is 4.53. The lowest BCUT2D eigenvalue weighted by atomic mass is 10.0. The van der Waals surface area contributed by atoms with Crippen LogP contribution in [0.4, 0.5) is 0 Å². The summed E-state index contributed by atoms with van der Waals surface area (Å²) in [6.45, 7) is 2.87. The SMILES string of the molecule is O=C(Cc1ccc(-c2ccccc2)cc1)NC1CCN(Cc2ccccn2)CC1. The lowest BCUT2D eigenvalue weighted by Crippen LogP contribution is -2.44. The molecular weight excluding hydrogens is 358 g/mol. The Kier molecular flexibility index (Phi) is 6.32. The second kappa shape index (κ2) is 9.48. The Morgan fingerprint density at radius 3 is 2.28 bits per heavy atom. The highest BCUT2D eigenvalue weighted by Crippen LogP contribution is 2.19. The zero-order chi connectivity index (χ0) is 19.9. The van der Waals surface area contributed by atoms with Crippen LogP contribution in [0.5, 0.6) is 0 Å². The zero-order valence-electron chi connectivity index (χ0n) is 16.6. The van der Waals surface area contributed by atoms with Gasteiger partial charge in [-0.1, -0.05) is 60.7 Å². The number of hydrogen-bond acceptors (Lipinski definition) is 3. The van der Waals surface area contributed by atoms with E-state index in [2.05, 4.69) is 57.7 Å². The van der Waals surface area contributed by atoms with Gasteiger partial charge in [0.25, 0.3) is 0 Å². The van der Waals surface area contributed by atoms with E-state index in [1.807, 2.05) is 36.5 Å². The van der Waals surface area contributed by atoms with Gasteiger partial charge in [-0.3, -0.25) is 14.7 Å². The molecule has 1 amide bonds. The van der Waals surface area contributed by atoms with Crippen molar-refractivity contribution in [1.29, 1.82) is 0 Å². The predicted octanol–water partition coefficient (Wildman–Crippen LogP) is 4.07. The van der Waals surface area contributed by atoms with Crippen molar-refractivity contribution in [2.24, 2.45) is 0 Å². The molecule has 1 saturated heterocycles. The summed E-state index contributed by atoms with van der Waals surface area (Å²) in [4.78, 5) is 19.3. The first-order chi connectivity index (χ1) is 14.3. The maximum absolute atomic E-state index is 12.5.